The SMILES string of the molecule is CC(C)CCOCCn1nnnc1-c1cccc(N)c1Cl. The lowest BCUT2D eigenvalue weighted by atomic mass is 10.1. The van der Waals surface area contributed by atoms with Crippen molar-refractivity contribution < 1.29 is 4.74 Å². The first-order valence-electron chi connectivity index (χ1n) is 6.98. The van der Waals surface area contributed by atoms with Crippen molar-refractivity contribution in [2.45, 2.75) is 26.8 Å². The fraction of sp³-hybridized carbons (Fsp3) is 0.500. The molecule has 7 heteroatoms. The van der Waals surface area contributed by atoms with E-state index in [-0.39, 0.29) is 0 Å². The van der Waals surface area contributed by atoms with E-state index in [0.29, 0.717) is 35.6 Å². The Hall–Kier alpha value is -1.66. The Balaban J connectivity index is 2.00. The zero-order valence-corrected chi connectivity index (χ0v) is 13.0. The molecule has 114 valence electrons. The number of benzene rings is 1. The second-order valence-corrected chi connectivity index (χ2v) is 5.61. The van der Waals surface area contributed by atoms with Gasteiger partial charge >= 0.3 is 0 Å². The number of tetrazole rings is 1. The summed E-state index contributed by atoms with van der Waals surface area (Å²) in [7, 11) is 0. The number of halogens is 1. The molecule has 21 heavy (non-hydrogen) atoms. The van der Waals surface area contributed by atoms with Gasteiger partial charge in [-0.3, -0.25) is 0 Å². The molecule has 0 atom stereocenters. The number of hydrogen-bond donors (Lipinski definition) is 1. The van der Waals surface area contributed by atoms with Crippen LogP contribution in [0.15, 0.2) is 18.2 Å². The number of nitrogen functional groups attached to an aromatic ring is 1. The van der Waals surface area contributed by atoms with Crippen molar-refractivity contribution in [3.05, 3.63) is 23.2 Å². The molecule has 0 bridgehead atoms. The molecule has 2 aromatic rings. The third-order valence-electron chi connectivity index (χ3n) is 3.09. The lowest BCUT2D eigenvalue weighted by molar-refractivity contribution is 0.114. The van der Waals surface area contributed by atoms with E-state index < -0.39 is 0 Å². The Morgan fingerprint density at radius 1 is 1.33 bits per heavy atom. The molecule has 6 nitrogen and oxygen atoms in total. The van der Waals surface area contributed by atoms with Gasteiger partial charge in [-0.25, -0.2) is 4.68 Å². The van der Waals surface area contributed by atoms with Gasteiger partial charge in [-0.2, -0.15) is 0 Å². The molecule has 0 fully saturated rings. The molecule has 0 spiro atoms. The number of ether oxygens (including phenoxy) is 1. The first-order chi connectivity index (χ1) is 10.1. The van der Waals surface area contributed by atoms with Crippen molar-refractivity contribution in [2.24, 2.45) is 5.92 Å². The maximum atomic E-state index is 6.21. The average Bonchev–Trinajstić information content (AvgIpc) is 2.89. The molecule has 2 rings (SSSR count). The van der Waals surface area contributed by atoms with E-state index in [1.807, 2.05) is 12.1 Å². The molecule has 1 aromatic carbocycles. The Labute approximate surface area is 129 Å². The molecule has 0 aliphatic heterocycles. The average molecular weight is 310 g/mol. The van der Waals surface area contributed by atoms with E-state index >= 15 is 0 Å². The van der Waals surface area contributed by atoms with E-state index in [2.05, 4.69) is 29.4 Å². The van der Waals surface area contributed by atoms with Gasteiger partial charge in [0.2, 0.25) is 0 Å². The molecule has 0 saturated carbocycles. The van der Waals surface area contributed by atoms with Crippen LogP contribution in [0.5, 0.6) is 0 Å². The lowest BCUT2D eigenvalue weighted by Crippen LogP contribution is -2.10. The van der Waals surface area contributed by atoms with E-state index in [4.69, 9.17) is 22.1 Å². The molecule has 0 aliphatic carbocycles. The number of aromatic nitrogens is 4. The van der Waals surface area contributed by atoms with Gasteiger partial charge in [0.25, 0.3) is 0 Å². The van der Waals surface area contributed by atoms with Crippen LogP contribution in [0.25, 0.3) is 11.4 Å². The van der Waals surface area contributed by atoms with Gasteiger partial charge in [-0.05, 0) is 34.9 Å². The summed E-state index contributed by atoms with van der Waals surface area (Å²) in [5.41, 5.74) is 7.05. The third-order valence-corrected chi connectivity index (χ3v) is 3.51. The fourth-order valence-corrected chi connectivity index (χ4v) is 2.05. The minimum atomic E-state index is 0.467. The predicted octanol–water partition coefficient (Wildman–Crippen LogP) is 2.64. The van der Waals surface area contributed by atoms with Gasteiger partial charge in [-0.15, -0.1) is 5.10 Å². The number of hydrogen-bond acceptors (Lipinski definition) is 5. The van der Waals surface area contributed by atoms with Gasteiger partial charge in [0, 0.05) is 12.2 Å². The smallest absolute Gasteiger partial charge is 0.183 e. The normalized spacial score (nSPS) is 11.2. The maximum absolute atomic E-state index is 6.21. The van der Waals surface area contributed by atoms with E-state index in [0.717, 1.165) is 18.6 Å². The van der Waals surface area contributed by atoms with Crippen LogP contribution in [0.4, 0.5) is 5.69 Å². The maximum Gasteiger partial charge on any atom is 0.183 e. The largest absolute Gasteiger partial charge is 0.398 e. The number of anilines is 1. The predicted molar refractivity (Wildman–Crippen MR) is 82.9 cm³/mol. The van der Waals surface area contributed by atoms with Crippen molar-refractivity contribution in [2.75, 3.05) is 18.9 Å². The summed E-state index contributed by atoms with van der Waals surface area (Å²) in [5, 5.41) is 12.2. The first kappa shape index (κ1) is 15.7. The molecular weight excluding hydrogens is 290 g/mol. The lowest BCUT2D eigenvalue weighted by Gasteiger charge is -2.09. The van der Waals surface area contributed by atoms with Gasteiger partial charge in [0.15, 0.2) is 5.82 Å². The van der Waals surface area contributed by atoms with Crippen LogP contribution in [-0.4, -0.2) is 33.4 Å². The minimum absolute atomic E-state index is 0.467. The summed E-state index contributed by atoms with van der Waals surface area (Å²) >= 11 is 6.21. The highest BCUT2D eigenvalue weighted by Gasteiger charge is 2.13. The molecule has 0 saturated heterocycles. The highest BCUT2D eigenvalue weighted by Crippen LogP contribution is 2.30. The monoisotopic (exact) mass is 309 g/mol. The third kappa shape index (κ3) is 4.15. The fourth-order valence-electron chi connectivity index (χ4n) is 1.84. The quantitative estimate of drug-likeness (QED) is 0.628. The summed E-state index contributed by atoms with van der Waals surface area (Å²) in [5.74, 6) is 1.24. The first-order valence-corrected chi connectivity index (χ1v) is 7.35. The summed E-state index contributed by atoms with van der Waals surface area (Å²) in [6.07, 6.45) is 1.05. The van der Waals surface area contributed by atoms with Gasteiger partial charge in [0.1, 0.15) is 0 Å². The molecule has 0 aliphatic rings. The Morgan fingerprint density at radius 2 is 2.14 bits per heavy atom. The van der Waals surface area contributed by atoms with Gasteiger partial charge in [-0.1, -0.05) is 31.5 Å². The van der Waals surface area contributed by atoms with E-state index in [9.17, 15) is 0 Å². The number of nitrogens with two attached hydrogens (primary N) is 1. The van der Waals surface area contributed by atoms with Crippen molar-refractivity contribution in [1.29, 1.82) is 0 Å². The second kappa shape index (κ2) is 7.38. The second-order valence-electron chi connectivity index (χ2n) is 5.23. The summed E-state index contributed by atoms with van der Waals surface area (Å²) < 4.78 is 7.27. The molecule has 0 amide bonds. The van der Waals surface area contributed by atoms with Crippen LogP contribution < -0.4 is 5.73 Å². The Kier molecular flexibility index (Phi) is 5.52. The standard InChI is InChI=1S/C14H20ClN5O/c1-10(2)6-8-21-9-7-20-14(17-18-19-20)11-4-3-5-12(16)13(11)15/h3-5,10H,6-9,16H2,1-2H3. The summed E-state index contributed by atoms with van der Waals surface area (Å²) in [6.45, 7) is 6.22. The van der Waals surface area contributed by atoms with Crippen molar-refractivity contribution in [3.8, 4) is 11.4 Å². The number of rotatable bonds is 7. The summed E-state index contributed by atoms with van der Waals surface area (Å²) in [4.78, 5) is 0. The van der Waals surface area contributed by atoms with Crippen molar-refractivity contribution in [3.63, 3.8) is 0 Å². The number of nitrogens with zero attached hydrogens (tertiary/aromatic N) is 4. The van der Waals surface area contributed by atoms with Crippen molar-refractivity contribution >= 4 is 17.3 Å². The van der Waals surface area contributed by atoms with Crippen molar-refractivity contribution in [1.82, 2.24) is 20.2 Å². The van der Waals surface area contributed by atoms with Crippen LogP contribution in [0.3, 0.4) is 0 Å². The van der Waals surface area contributed by atoms with Crippen LogP contribution in [0, 0.1) is 5.92 Å². The molecule has 2 N–H and O–H groups in total. The van der Waals surface area contributed by atoms with Crippen LogP contribution in [0.2, 0.25) is 5.02 Å². The molecule has 1 heterocycles. The molecule has 0 unspecified atom stereocenters. The highest BCUT2D eigenvalue weighted by atomic mass is 35.5. The zero-order valence-electron chi connectivity index (χ0n) is 12.3. The van der Waals surface area contributed by atoms with Gasteiger partial charge < -0.3 is 10.5 Å². The zero-order chi connectivity index (χ0) is 15.2. The summed E-state index contributed by atoms with van der Waals surface area (Å²) in [6, 6.07) is 5.42. The molecular formula is C14H20ClN5O. The van der Waals surface area contributed by atoms with Crippen LogP contribution in [0.1, 0.15) is 20.3 Å². The van der Waals surface area contributed by atoms with E-state index in [1.165, 1.54) is 0 Å². The van der Waals surface area contributed by atoms with E-state index in [1.54, 1.807) is 10.7 Å². The van der Waals surface area contributed by atoms with Crippen LogP contribution >= 0.6 is 11.6 Å². The molecule has 1 aromatic heterocycles. The van der Waals surface area contributed by atoms with Gasteiger partial charge in [0.05, 0.1) is 23.9 Å². The minimum Gasteiger partial charge on any atom is -0.398 e. The van der Waals surface area contributed by atoms with Crippen LogP contribution in [-0.2, 0) is 11.3 Å². The Morgan fingerprint density at radius 3 is 2.90 bits per heavy atom. The molecule has 0 radical (unpaired) electrons. The highest BCUT2D eigenvalue weighted by molar-refractivity contribution is 6.35. The topological polar surface area (TPSA) is 78.8 Å². The Bertz CT molecular complexity index is 584.